The fraction of sp³-hybridized carbons (Fsp3) is 0.684. The summed E-state index contributed by atoms with van der Waals surface area (Å²) >= 11 is 0. The first-order chi connectivity index (χ1) is 13.2. The summed E-state index contributed by atoms with van der Waals surface area (Å²) in [6, 6.07) is 1.27. The van der Waals surface area contributed by atoms with Crippen molar-refractivity contribution < 1.29 is 34.1 Å². The molecule has 0 spiro atoms. The number of methoxy groups -OCH3 is 4. The molecule has 0 bridgehead atoms. The molecule has 160 valence electrons. The van der Waals surface area contributed by atoms with E-state index in [0.29, 0.717) is 24.2 Å². The second-order valence-electron chi connectivity index (χ2n) is 6.87. The van der Waals surface area contributed by atoms with Crippen molar-refractivity contribution in [2.75, 3.05) is 35.0 Å². The summed E-state index contributed by atoms with van der Waals surface area (Å²) in [6.45, 7) is 3.52. The lowest BCUT2D eigenvalue weighted by Crippen LogP contribution is -2.36. The second-order valence-corrected chi connectivity index (χ2v) is 6.87. The summed E-state index contributed by atoms with van der Waals surface area (Å²) in [6.07, 6.45) is -0.473. The summed E-state index contributed by atoms with van der Waals surface area (Å²) < 4.78 is 21.4. The molecule has 1 aromatic carbocycles. The maximum absolute atomic E-state index is 11.5. The van der Waals surface area contributed by atoms with Crippen LogP contribution in [0.4, 0.5) is 5.69 Å². The number of benzene rings is 1. The highest BCUT2D eigenvalue weighted by atomic mass is 16.6. The minimum absolute atomic E-state index is 0.0417. The molecular formula is C19H31NO8. The molecular weight excluding hydrogens is 370 g/mol. The number of hydrogen-bond donors (Lipinski definition) is 2. The van der Waals surface area contributed by atoms with Crippen LogP contribution >= 0.6 is 0 Å². The molecule has 0 amide bonds. The fourth-order valence-electron chi connectivity index (χ4n) is 3.26. The number of ether oxygens (including phenoxy) is 4. The van der Waals surface area contributed by atoms with E-state index in [9.17, 15) is 20.3 Å². The first kappa shape index (κ1) is 23.9. The zero-order valence-corrected chi connectivity index (χ0v) is 17.3. The van der Waals surface area contributed by atoms with Crippen LogP contribution in [0.15, 0.2) is 6.07 Å². The van der Waals surface area contributed by atoms with E-state index in [-0.39, 0.29) is 35.6 Å². The second kappa shape index (κ2) is 11.0. The van der Waals surface area contributed by atoms with E-state index >= 15 is 0 Å². The lowest BCUT2D eigenvalue weighted by molar-refractivity contribution is -0.385. The number of nitro benzene ring substituents is 1. The van der Waals surface area contributed by atoms with E-state index in [1.54, 1.807) is 6.92 Å². The highest BCUT2D eigenvalue weighted by molar-refractivity contribution is 5.64. The summed E-state index contributed by atoms with van der Waals surface area (Å²) in [5.74, 6) is 0.358. The van der Waals surface area contributed by atoms with Crippen molar-refractivity contribution in [3.05, 3.63) is 21.7 Å². The molecule has 2 N–H and O–H groups in total. The monoisotopic (exact) mass is 401 g/mol. The Hall–Kier alpha value is -2.10. The minimum Gasteiger partial charge on any atom is -0.493 e. The van der Waals surface area contributed by atoms with Gasteiger partial charge in [0.15, 0.2) is 11.5 Å². The highest BCUT2D eigenvalue weighted by Crippen LogP contribution is 2.45. The van der Waals surface area contributed by atoms with E-state index in [2.05, 4.69) is 0 Å². The van der Waals surface area contributed by atoms with Gasteiger partial charge >= 0.3 is 5.69 Å². The van der Waals surface area contributed by atoms with E-state index in [0.717, 1.165) is 0 Å². The van der Waals surface area contributed by atoms with Crippen LogP contribution in [0.2, 0.25) is 0 Å². The van der Waals surface area contributed by atoms with Gasteiger partial charge in [-0.1, -0.05) is 13.8 Å². The molecule has 0 aliphatic carbocycles. The maximum atomic E-state index is 11.5. The average Bonchev–Trinajstić information content (AvgIpc) is 2.69. The molecule has 28 heavy (non-hydrogen) atoms. The number of nitro groups is 1. The Bertz CT molecular complexity index is 651. The van der Waals surface area contributed by atoms with Gasteiger partial charge in [0.05, 0.1) is 44.5 Å². The Morgan fingerprint density at radius 3 is 2.14 bits per heavy atom. The van der Waals surface area contributed by atoms with Crippen LogP contribution in [-0.2, 0) is 11.2 Å². The van der Waals surface area contributed by atoms with Crippen molar-refractivity contribution >= 4 is 5.69 Å². The molecule has 0 aliphatic rings. The molecule has 0 saturated heterocycles. The van der Waals surface area contributed by atoms with Crippen LogP contribution in [-0.4, -0.2) is 62.4 Å². The molecule has 1 rings (SSSR count). The molecule has 4 atom stereocenters. The fourth-order valence-corrected chi connectivity index (χ4v) is 3.26. The predicted octanol–water partition coefficient (Wildman–Crippen LogP) is 2.19. The van der Waals surface area contributed by atoms with E-state index in [1.165, 1.54) is 34.5 Å². The normalized spacial score (nSPS) is 15.4. The zero-order chi connectivity index (χ0) is 21.4. The molecule has 0 saturated carbocycles. The number of nitrogens with zero attached hydrogens (tertiary/aromatic N) is 1. The first-order valence-electron chi connectivity index (χ1n) is 9.03. The summed E-state index contributed by atoms with van der Waals surface area (Å²) in [5.41, 5.74) is 0.308. The first-order valence-corrected chi connectivity index (χ1v) is 9.03. The molecule has 9 heteroatoms. The van der Waals surface area contributed by atoms with Crippen molar-refractivity contribution in [2.45, 2.75) is 38.9 Å². The predicted molar refractivity (Wildman–Crippen MR) is 103 cm³/mol. The molecule has 0 radical (unpaired) electrons. The zero-order valence-electron chi connectivity index (χ0n) is 17.3. The number of aliphatic hydroxyl groups is 2. The Balaban J connectivity index is 3.24. The van der Waals surface area contributed by atoms with Gasteiger partial charge in [-0.05, 0) is 18.8 Å². The largest absolute Gasteiger partial charge is 0.493 e. The van der Waals surface area contributed by atoms with Crippen LogP contribution in [0, 0.1) is 22.0 Å². The van der Waals surface area contributed by atoms with Gasteiger partial charge < -0.3 is 29.2 Å². The number of aliphatic hydroxyl groups excluding tert-OH is 2. The lowest BCUT2D eigenvalue weighted by Gasteiger charge is -2.28. The Labute approximate surface area is 165 Å². The van der Waals surface area contributed by atoms with Crippen LogP contribution in [0.5, 0.6) is 17.2 Å². The number of hydrogen-bond acceptors (Lipinski definition) is 8. The molecule has 0 aromatic heterocycles. The maximum Gasteiger partial charge on any atom is 0.315 e. The van der Waals surface area contributed by atoms with Gasteiger partial charge in [0.25, 0.3) is 0 Å². The topological polar surface area (TPSA) is 121 Å². The molecule has 1 aromatic rings. The van der Waals surface area contributed by atoms with E-state index in [1.807, 2.05) is 6.92 Å². The SMILES string of the molecule is COc1cc([N+](=O)[O-])c(OC)c(C[C@@H](C)C[C@H](OC)[C@H](O)[C@@H](C)CO)c1OC. The summed E-state index contributed by atoms with van der Waals surface area (Å²) in [4.78, 5) is 10.9. The van der Waals surface area contributed by atoms with Gasteiger partial charge in [-0.25, -0.2) is 0 Å². The average molecular weight is 401 g/mol. The van der Waals surface area contributed by atoms with Gasteiger partial charge in [0.1, 0.15) is 0 Å². The van der Waals surface area contributed by atoms with E-state index in [4.69, 9.17) is 18.9 Å². The van der Waals surface area contributed by atoms with Crippen molar-refractivity contribution in [1.29, 1.82) is 0 Å². The van der Waals surface area contributed by atoms with Crippen molar-refractivity contribution in [1.82, 2.24) is 0 Å². The van der Waals surface area contributed by atoms with Gasteiger partial charge in [-0.3, -0.25) is 10.1 Å². The van der Waals surface area contributed by atoms with Crippen LogP contribution < -0.4 is 14.2 Å². The molecule has 0 heterocycles. The van der Waals surface area contributed by atoms with Crippen LogP contribution in [0.25, 0.3) is 0 Å². The van der Waals surface area contributed by atoms with Gasteiger partial charge in [0, 0.05) is 25.2 Å². The standard InChI is InChI=1S/C19H31NO8/c1-11(8-15(25-3)17(22)12(2)10-21)7-13-18(27-5)14(20(23)24)9-16(26-4)19(13)28-6/h9,11-12,15,17,21-22H,7-8,10H2,1-6H3/t11-,12+,15+,17-/m1/s1. The third kappa shape index (κ3) is 5.46. The van der Waals surface area contributed by atoms with Crippen LogP contribution in [0.3, 0.4) is 0 Å². The molecule has 0 fully saturated rings. The van der Waals surface area contributed by atoms with Gasteiger partial charge in [-0.15, -0.1) is 0 Å². The molecule has 0 unspecified atom stereocenters. The third-order valence-electron chi connectivity index (χ3n) is 4.84. The lowest BCUT2D eigenvalue weighted by atomic mass is 9.89. The van der Waals surface area contributed by atoms with Gasteiger partial charge in [-0.2, -0.15) is 0 Å². The highest BCUT2D eigenvalue weighted by Gasteiger charge is 2.30. The van der Waals surface area contributed by atoms with Gasteiger partial charge in [0.2, 0.25) is 5.75 Å². The molecule has 0 aliphatic heterocycles. The van der Waals surface area contributed by atoms with Crippen LogP contribution in [0.1, 0.15) is 25.8 Å². The Kier molecular flexibility index (Phi) is 9.44. The van der Waals surface area contributed by atoms with Crippen molar-refractivity contribution in [2.24, 2.45) is 11.8 Å². The molecule has 9 nitrogen and oxygen atoms in total. The quantitative estimate of drug-likeness (QED) is 0.404. The Morgan fingerprint density at radius 2 is 1.71 bits per heavy atom. The summed E-state index contributed by atoms with van der Waals surface area (Å²) in [7, 11) is 5.74. The smallest absolute Gasteiger partial charge is 0.315 e. The van der Waals surface area contributed by atoms with Crippen molar-refractivity contribution in [3.8, 4) is 17.2 Å². The van der Waals surface area contributed by atoms with E-state index < -0.39 is 17.1 Å². The summed E-state index contributed by atoms with van der Waals surface area (Å²) in [5, 5.41) is 31.1. The Morgan fingerprint density at radius 1 is 1.11 bits per heavy atom. The number of rotatable bonds is 12. The minimum atomic E-state index is -0.833. The third-order valence-corrected chi connectivity index (χ3v) is 4.84. The van der Waals surface area contributed by atoms with Crippen molar-refractivity contribution in [3.63, 3.8) is 0 Å².